The first-order valence-electron chi connectivity index (χ1n) is 9.08. The average molecular weight is 343 g/mol. The van der Waals surface area contributed by atoms with Crippen molar-refractivity contribution in [1.29, 1.82) is 0 Å². The van der Waals surface area contributed by atoms with Gasteiger partial charge in [0.1, 0.15) is 0 Å². The molecule has 24 heavy (non-hydrogen) atoms. The highest BCUT2D eigenvalue weighted by molar-refractivity contribution is 5.35. The Morgan fingerprint density at radius 1 is 0.583 bits per heavy atom. The van der Waals surface area contributed by atoms with E-state index in [0.29, 0.717) is 0 Å². The highest BCUT2D eigenvalue weighted by Gasteiger charge is 2.05. The molecule has 0 amide bonds. The van der Waals surface area contributed by atoms with Crippen molar-refractivity contribution in [2.45, 2.75) is 111 Å². The fourth-order valence-corrected chi connectivity index (χ4v) is 1.59. The third-order valence-corrected chi connectivity index (χ3v) is 2.26. The van der Waals surface area contributed by atoms with Crippen LogP contribution in [0.5, 0.6) is 0 Å². The first kappa shape index (κ1) is 43.5. The van der Waals surface area contributed by atoms with Gasteiger partial charge in [0.25, 0.3) is 0 Å². The number of hydrogen-bond donors (Lipinski definition) is 0. The van der Waals surface area contributed by atoms with E-state index >= 15 is 0 Å². The molecule has 0 heteroatoms. The second-order valence-corrected chi connectivity index (χ2v) is 3.20. The van der Waals surface area contributed by atoms with Crippen molar-refractivity contribution < 1.29 is 0 Å². The van der Waals surface area contributed by atoms with Crippen molar-refractivity contribution in [2.24, 2.45) is 0 Å². The molecule has 0 nitrogen and oxygen atoms in total. The molecule has 0 heterocycles. The van der Waals surface area contributed by atoms with Gasteiger partial charge >= 0.3 is 0 Å². The molecule has 0 saturated carbocycles. The van der Waals surface area contributed by atoms with Gasteiger partial charge < -0.3 is 0 Å². The van der Waals surface area contributed by atoms with Crippen LogP contribution in [-0.2, 0) is 12.8 Å². The molecule has 1 aliphatic carbocycles. The molecule has 0 fully saturated rings. The Hall–Kier alpha value is -1.04. The lowest BCUT2D eigenvalue weighted by Gasteiger charge is -2.13. The Morgan fingerprint density at radius 3 is 1.29 bits per heavy atom. The van der Waals surface area contributed by atoms with Crippen LogP contribution in [0.1, 0.15) is 110 Å². The van der Waals surface area contributed by atoms with Gasteiger partial charge in [0.2, 0.25) is 0 Å². The van der Waals surface area contributed by atoms with Crippen LogP contribution in [0.15, 0.2) is 35.9 Å². The van der Waals surface area contributed by atoms with Crippen LogP contribution in [0.4, 0.5) is 0 Å². The van der Waals surface area contributed by atoms with Crippen molar-refractivity contribution in [2.75, 3.05) is 0 Å². The second-order valence-electron chi connectivity index (χ2n) is 3.20. The van der Waals surface area contributed by atoms with E-state index in [4.69, 9.17) is 0 Å². The minimum Gasteiger partial charge on any atom is -0.0809 e. The lowest BCUT2D eigenvalue weighted by molar-refractivity contribution is 1.02. The Balaban J connectivity index is -0.0000000391. The number of hydrogen-bond acceptors (Lipinski definition) is 0. The predicted octanol–water partition coefficient (Wildman–Crippen LogP) is 9.77. The van der Waals surface area contributed by atoms with Crippen LogP contribution in [0, 0.1) is 0 Å². The van der Waals surface area contributed by atoms with Gasteiger partial charge in [0.05, 0.1) is 0 Å². The van der Waals surface area contributed by atoms with Crippen molar-refractivity contribution in [3.8, 4) is 0 Å². The molecule has 0 saturated heterocycles. The summed E-state index contributed by atoms with van der Waals surface area (Å²) < 4.78 is 0. The van der Waals surface area contributed by atoms with Gasteiger partial charge in [-0.25, -0.2) is 0 Å². The summed E-state index contributed by atoms with van der Waals surface area (Å²) in [5.74, 6) is 0. The maximum absolute atomic E-state index is 2.32. The van der Waals surface area contributed by atoms with Crippen molar-refractivity contribution in [1.82, 2.24) is 0 Å². The van der Waals surface area contributed by atoms with Crippen molar-refractivity contribution in [3.05, 3.63) is 47.0 Å². The van der Waals surface area contributed by atoms with Crippen molar-refractivity contribution in [3.63, 3.8) is 0 Å². The molecule has 0 aromatic heterocycles. The standard InChI is InChI=1S/C11H12.5C2H6.3CH4/c1-9-6-7-10-4-2-3-5-11(10)8-9;5*1-2;;;/h2-6H,7-8H2,1H3;5*1-2H3;3*1H4. The van der Waals surface area contributed by atoms with E-state index in [-0.39, 0.29) is 22.3 Å². The maximum Gasteiger partial charge on any atom is -0.00669 e. The fraction of sp³-hybridized carbons (Fsp3) is 0.667. The SMILES string of the molecule is C.C.C.CC.CC.CC.CC.CC.CC1=CCc2ccccc2C1. The molecule has 0 unspecified atom stereocenters. The zero-order chi connectivity index (χ0) is 17.7. The van der Waals surface area contributed by atoms with E-state index in [0.717, 1.165) is 12.8 Å². The van der Waals surface area contributed by atoms with Crippen molar-refractivity contribution >= 4 is 0 Å². The average Bonchev–Trinajstić information content (AvgIpc) is 2.63. The summed E-state index contributed by atoms with van der Waals surface area (Å²) in [6.45, 7) is 22.2. The van der Waals surface area contributed by atoms with E-state index in [1.165, 1.54) is 16.7 Å². The van der Waals surface area contributed by atoms with E-state index in [1.54, 1.807) is 0 Å². The van der Waals surface area contributed by atoms with Gasteiger partial charge in [-0.3, -0.25) is 0 Å². The highest BCUT2D eigenvalue weighted by atomic mass is 14.1. The summed E-state index contributed by atoms with van der Waals surface area (Å²) in [6, 6.07) is 8.69. The Morgan fingerprint density at radius 2 is 0.917 bits per heavy atom. The van der Waals surface area contributed by atoms with Crippen LogP contribution in [-0.4, -0.2) is 0 Å². The number of allylic oxidation sites excluding steroid dienone is 2. The monoisotopic (exact) mass is 342 g/mol. The number of benzene rings is 1. The van der Waals surface area contributed by atoms with Crippen LogP contribution in [0.3, 0.4) is 0 Å². The highest BCUT2D eigenvalue weighted by Crippen LogP contribution is 2.19. The first-order valence-corrected chi connectivity index (χ1v) is 9.08. The minimum absolute atomic E-state index is 0. The second kappa shape index (κ2) is 43.1. The molecule has 1 aromatic rings. The number of rotatable bonds is 0. The lowest BCUT2D eigenvalue weighted by atomic mass is 9.93. The third kappa shape index (κ3) is 23.2. The summed E-state index contributed by atoms with van der Waals surface area (Å²) in [5.41, 5.74) is 4.51. The predicted molar refractivity (Wildman–Crippen MR) is 125 cm³/mol. The quantitative estimate of drug-likeness (QED) is 0.411. The first-order chi connectivity index (χ1) is 10.4. The Bertz CT molecular complexity index is 295. The topological polar surface area (TPSA) is 0 Å². The molecular weight excluding hydrogens is 288 g/mol. The molecule has 0 atom stereocenters. The molecule has 1 aliphatic rings. The fourth-order valence-electron chi connectivity index (χ4n) is 1.59. The lowest BCUT2D eigenvalue weighted by Crippen LogP contribution is -1.99. The van der Waals surface area contributed by atoms with Crippen LogP contribution < -0.4 is 0 Å². The molecule has 0 aliphatic heterocycles. The molecule has 2 rings (SSSR count). The van der Waals surface area contributed by atoms with E-state index < -0.39 is 0 Å². The molecule has 0 bridgehead atoms. The Kier molecular flexibility index (Phi) is 78.1. The summed E-state index contributed by atoms with van der Waals surface area (Å²) >= 11 is 0. The van der Waals surface area contributed by atoms with Gasteiger partial charge in [-0.05, 0) is 30.9 Å². The Labute approximate surface area is 158 Å². The molecular formula is C24H54. The minimum atomic E-state index is 0. The van der Waals surface area contributed by atoms with Crippen LogP contribution in [0.25, 0.3) is 0 Å². The van der Waals surface area contributed by atoms with Gasteiger partial charge in [0, 0.05) is 0 Å². The summed E-state index contributed by atoms with van der Waals surface area (Å²) in [5, 5.41) is 0. The van der Waals surface area contributed by atoms with Gasteiger partial charge in [0.15, 0.2) is 0 Å². The zero-order valence-corrected chi connectivity index (χ0v) is 16.8. The zero-order valence-electron chi connectivity index (χ0n) is 16.8. The molecule has 0 spiro atoms. The van der Waals surface area contributed by atoms with Gasteiger partial charge in [-0.1, -0.05) is 127 Å². The van der Waals surface area contributed by atoms with Gasteiger partial charge in [-0.2, -0.15) is 0 Å². The van der Waals surface area contributed by atoms with Gasteiger partial charge in [-0.15, -0.1) is 0 Å². The summed E-state index contributed by atoms with van der Waals surface area (Å²) in [6.07, 6.45) is 4.60. The largest absolute Gasteiger partial charge is 0.0809 e. The third-order valence-electron chi connectivity index (χ3n) is 2.26. The molecule has 1 aromatic carbocycles. The molecule has 0 N–H and O–H groups in total. The molecule has 150 valence electrons. The smallest absolute Gasteiger partial charge is 0.00669 e. The van der Waals surface area contributed by atoms with E-state index in [2.05, 4.69) is 37.3 Å². The normalized spacial score (nSPS) is 8.38. The number of fused-ring (bicyclic) bond motifs is 1. The summed E-state index contributed by atoms with van der Waals surface area (Å²) in [4.78, 5) is 0. The van der Waals surface area contributed by atoms with E-state index in [1.807, 2.05) is 69.2 Å². The van der Waals surface area contributed by atoms with Crippen LogP contribution in [0.2, 0.25) is 0 Å². The summed E-state index contributed by atoms with van der Waals surface area (Å²) in [7, 11) is 0. The van der Waals surface area contributed by atoms with Crippen LogP contribution >= 0.6 is 0 Å². The maximum atomic E-state index is 2.32. The molecule has 0 radical (unpaired) electrons. The van der Waals surface area contributed by atoms with E-state index in [9.17, 15) is 0 Å².